The van der Waals surface area contributed by atoms with E-state index in [0.29, 0.717) is 11.7 Å². The number of rotatable bonds is 5. The first kappa shape index (κ1) is 14.5. The lowest BCUT2D eigenvalue weighted by Gasteiger charge is -2.31. The Labute approximate surface area is 120 Å². The average Bonchev–Trinajstić information content (AvgIpc) is 2.40. The molecule has 104 valence electrons. The smallest absolute Gasteiger partial charge is 0.136 e. The van der Waals surface area contributed by atoms with E-state index in [-0.39, 0.29) is 0 Å². The van der Waals surface area contributed by atoms with Crippen molar-refractivity contribution in [3.05, 3.63) is 34.9 Å². The molecule has 0 N–H and O–H groups in total. The molecule has 1 aliphatic rings. The van der Waals surface area contributed by atoms with Crippen molar-refractivity contribution in [2.75, 3.05) is 13.1 Å². The SMILES string of the molecule is CCCC(=O)C1CCN(Cc2cccc(Cl)c2)CC1. The first-order chi connectivity index (χ1) is 9.19. The molecule has 2 rings (SSSR count). The number of carbonyl (C=O) groups is 1. The number of Topliss-reactive ketones (excluding diaryl/α,β-unsaturated/α-hetero) is 1. The Morgan fingerprint density at radius 2 is 2.11 bits per heavy atom. The molecule has 2 nitrogen and oxygen atoms in total. The molecule has 0 radical (unpaired) electrons. The predicted octanol–water partition coefficient (Wildman–Crippen LogP) is 3.92. The second-order valence-corrected chi connectivity index (χ2v) is 5.83. The summed E-state index contributed by atoms with van der Waals surface area (Å²) in [7, 11) is 0. The van der Waals surface area contributed by atoms with Gasteiger partial charge in [-0.05, 0) is 50.0 Å². The van der Waals surface area contributed by atoms with Crippen LogP contribution in [0.15, 0.2) is 24.3 Å². The fourth-order valence-corrected chi connectivity index (χ4v) is 2.97. The van der Waals surface area contributed by atoms with Gasteiger partial charge in [0, 0.05) is 23.9 Å². The van der Waals surface area contributed by atoms with Crippen molar-refractivity contribution in [2.24, 2.45) is 5.92 Å². The highest BCUT2D eigenvalue weighted by atomic mass is 35.5. The summed E-state index contributed by atoms with van der Waals surface area (Å²) in [4.78, 5) is 14.3. The largest absolute Gasteiger partial charge is 0.299 e. The Balaban J connectivity index is 1.82. The van der Waals surface area contributed by atoms with E-state index in [1.165, 1.54) is 5.56 Å². The lowest BCUT2D eigenvalue weighted by molar-refractivity contribution is -0.124. The Morgan fingerprint density at radius 3 is 2.74 bits per heavy atom. The summed E-state index contributed by atoms with van der Waals surface area (Å²) in [5.41, 5.74) is 1.26. The van der Waals surface area contributed by atoms with Gasteiger partial charge in [-0.15, -0.1) is 0 Å². The van der Waals surface area contributed by atoms with Crippen LogP contribution in [-0.2, 0) is 11.3 Å². The van der Waals surface area contributed by atoms with Crippen molar-refractivity contribution in [3.63, 3.8) is 0 Å². The summed E-state index contributed by atoms with van der Waals surface area (Å²) < 4.78 is 0. The van der Waals surface area contributed by atoms with Crippen LogP contribution >= 0.6 is 11.6 Å². The summed E-state index contributed by atoms with van der Waals surface area (Å²) in [6.45, 7) is 5.06. The molecule has 0 bridgehead atoms. The fraction of sp³-hybridized carbons (Fsp3) is 0.562. The van der Waals surface area contributed by atoms with Gasteiger partial charge in [-0.2, -0.15) is 0 Å². The number of benzene rings is 1. The number of likely N-dealkylation sites (tertiary alicyclic amines) is 1. The first-order valence-corrected chi connectivity index (χ1v) is 7.56. The van der Waals surface area contributed by atoms with Crippen LogP contribution in [0, 0.1) is 5.92 Å². The van der Waals surface area contributed by atoms with Crippen LogP contribution in [0.1, 0.15) is 38.2 Å². The summed E-state index contributed by atoms with van der Waals surface area (Å²) in [6, 6.07) is 8.03. The summed E-state index contributed by atoms with van der Waals surface area (Å²) >= 11 is 6.00. The minimum Gasteiger partial charge on any atom is -0.299 e. The summed E-state index contributed by atoms with van der Waals surface area (Å²) in [6.07, 6.45) is 3.75. The molecule has 0 aromatic heterocycles. The zero-order valence-corrected chi connectivity index (χ0v) is 12.3. The monoisotopic (exact) mass is 279 g/mol. The molecular formula is C16H22ClNO. The van der Waals surface area contributed by atoms with E-state index in [1.54, 1.807) is 0 Å². The molecule has 1 aromatic carbocycles. The van der Waals surface area contributed by atoms with Gasteiger partial charge in [0.2, 0.25) is 0 Å². The van der Waals surface area contributed by atoms with Crippen molar-refractivity contribution in [3.8, 4) is 0 Å². The molecule has 0 unspecified atom stereocenters. The number of halogens is 1. The number of carbonyl (C=O) groups excluding carboxylic acids is 1. The van der Waals surface area contributed by atoms with E-state index >= 15 is 0 Å². The highest BCUT2D eigenvalue weighted by molar-refractivity contribution is 6.30. The molecule has 1 heterocycles. The van der Waals surface area contributed by atoms with Crippen molar-refractivity contribution in [1.29, 1.82) is 0 Å². The van der Waals surface area contributed by atoms with Crippen molar-refractivity contribution >= 4 is 17.4 Å². The van der Waals surface area contributed by atoms with Crippen molar-refractivity contribution in [2.45, 2.75) is 39.2 Å². The van der Waals surface area contributed by atoms with Crippen LogP contribution in [0.25, 0.3) is 0 Å². The van der Waals surface area contributed by atoms with Crippen LogP contribution in [-0.4, -0.2) is 23.8 Å². The lowest BCUT2D eigenvalue weighted by atomic mass is 9.90. The molecule has 0 atom stereocenters. The number of ketones is 1. The highest BCUT2D eigenvalue weighted by Gasteiger charge is 2.23. The molecule has 1 aromatic rings. The van der Waals surface area contributed by atoms with Gasteiger partial charge < -0.3 is 0 Å². The van der Waals surface area contributed by atoms with E-state index < -0.39 is 0 Å². The third kappa shape index (κ3) is 4.32. The second kappa shape index (κ2) is 7.06. The maximum Gasteiger partial charge on any atom is 0.136 e. The van der Waals surface area contributed by atoms with Gasteiger partial charge in [0.15, 0.2) is 0 Å². The molecule has 0 aliphatic carbocycles. The maximum atomic E-state index is 11.9. The van der Waals surface area contributed by atoms with Crippen LogP contribution < -0.4 is 0 Å². The quantitative estimate of drug-likeness (QED) is 0.814. The van der Waals surface area contributed by atoms with Crippen LogP contribution in [0.3, 0.4) is 0 Å². The van der Waals surface area contributed by atoms with E-state index in [2.05, 4.69) is 17.9 Å². The first-order valence-electron chi connectivity index (χ1n) is 7.18. The van der Waals surface area contributed by atoms with Crippen molar-refractivity contribution < 1.29 is 4.79 Å². The third-order valence-electron chi connectivity index (χ3n) is 3.83. The van der Waals surface area contributed by atoms with E-state index in [0.717, 1.165) is 50.3 Å². The zero-order valence-electron chi connectivity index (χ0n) is 11.6. The van der Waals surface area contributed by atoms with E-state index in [1.807, 2.05) is 18.2 Å². The van der Waals surface area contributed by atoms with E-state index in [9.17, 15) is 4.79 Å². The van der Waals surface area contributed by atoms with Crippen LogP contribution in [0.5, 0.6) is 0 Å². The Hall–Kier alpha value is -0.860. The third-order valence-corrected chi connectivity index (χ3v) is 4.07. The average molecular weight is 280 g/mol. The summed E-state index contributed by atoms with van der Waals surface area (Å²) in [5.74, 6) is 0.764. The van der Waals surface area contributed by atoms with Gasteiger partial charge in [0.05, 0.1) is 0 Å². The fourth-order valence-electron chi connectivity index (χ4n) is 2.76. The molecular weight excluding hydrogens is 258 g/mol. The number of hydrogen-bond donors (Lipinski definition) is 0. The second-order valence-electron chi connectivity index (χ2n) is 5.40. The highest BCUT2D eigenvalue weighted by Crippen LogP contribution is 2.22. The van der Waals surface area contributed by atoms with Gasteiger partial charge in [-0.3, -0.25) is 9.69 Å². The molecule has 3 heteroatoms. The van der Waals surface area contributed by atoms with Crippen LogP contribution in [0.4, 0.5) is 0 Å². The Bertz CT molecular complexity index is 425. The van der Waals surface area contributed by atoms with Gasteiger partial charge in [0.25, 0.3) is 0 Å². The normalized spacial score (nSPS) is 17.6. The number of nitrogens with zero attached hydrogens (tertiary/aromatic N) is 1. The zero-order chi connectivity index (χ0) is 13.7. The molecule has 1 fully saturated rings. The molecule has 1 saturated heterocycles. The maximum absolute atomic E-state index is 11.9. The van der Waals surface area contributed by atoms with Gasteiger partial charge in [0.1, 0.15) is 5.78 Å². The standard InChI is InChI=1S/C16H22ClNO/c1-2-4-16(19)14-7-9-18(10-8-14)12-13-5-3-6-15(17)11-13/h3,5-6,11,14H,2,4,7-10,12H2,1H3. The topological polar surface area (TPSA) is 20.3 Å². The van der Waals surface area contributed by atoms with Crippen molar-refractivity contribution in [1.82, 2.24) is 4.90 Å². The minimum absolute atomic E-state index is 0.301. The molecule has 1 aliphatic heterocycles. The van der Waals surface area contributed by atoms with E-state index in [4.69, 9.17) is 11.6 Å². The predicted molar refractivity (Wildman–Crippen MR) is 79.4 cm³/mol. The molecule has 0 amide bonds. The van der Waals surface area contributed by atoms with Gasteiger partial charge in [-0.25, -0.2) is 0 Å². The van der Waals surface area contributed by atoms with Gasteiger partial charge >= 0.3 is 0 Å². The lowest BCUT2D eigenvalue weighted by Crippen LogP contribution is -2.35. The Kier molecular flexibility index (Phi) is 5.41. The molecule has 0 saturated carbocycles. The molecule has 19 heavy (non-hydrogen) atoms. The Morgan fingerprint density at radius 1 is 1.37 bits per heavy atom. The number of hydrogen-bond acceptors (Lipinski definition) is 2. The minimum atomic E-state index is 0.301. The molecule has 0 spiro atoms. The number of piperidine rings is 1. The van der Waals surface area contributed by atoms with Crippen LogP contribution in [0.2, 0.25) is 5.02 Å². The summed E-state index contributed by atoms with van der Waals surface area (Å²) in [5, 5.41) is 0.797. The van der Waals surface area contributed by atoms with Gasteiger partial charge in [-0.1, -0.05) is 30.7 Å².